The van der Waals surface area contributed by atoms with Crippen molar-refractivity contribution in [3.63, 3.8) is 0 Å². The van der Waals surface area contributed by atoms with E-state index in [2.05, 4.69) is 29.8 Å². The van der Waals surface area contributed by atoms with Crippen molar-refractivity contribution < 1.29 is 10.2 Å². The number of hydrogen-bond donors (Lipinski definition) is 2. The van der Waals surface area contributed by atoms with E-state index in [0.29, 0.717) is 11.2 Å². The second kappa shape index (κ2) is 5.64. The largest absolute Gasteiger partial charge is 0.389 e. The zero-order valence-corrected chi connectivity index (χ0v) is 10.6. The van der Waals surface area contributed by atoms with E-state index in [1.54, 1.807) is 0 Å². The first kappa shape index (κ1) is 12.7. The molecule has 0 heterocycles. The Balaban J connectivity index is 3.02. The smallest absolute Gasteiger partial charge is 0.106 e. The highest BCUT2D eigenvalue weighted by molar-refractivity contribution is 9.09. The molecule has 0 aliphatic heterocycles. The monoisotopic (exact) mass is 272 g/mol. The molecule has 0 aromatic heterocycles. The van der Waals surface area contributed by atoms with E-state index in [1.165, 1.54) is 0 Å². The Morgan fingerprint density at radius 2 is 1.67 bits per heavy atom. The zero-order chi connectivity index (χ0) is 11.4. The summed E-state index contributed by atoms with van der Waals surface area (Å²) < 4.78 is 0. The van der Waals surface area contributed by atoms with Crippen LogP contribution >= 0.6 is 15.9 Å². The number of benzene rings is 1. The standard InChI is InChI=1S/C12H17BrO2/c1-8(2)9-5-3-4-6-10(9)12(15)11(14)7-13/h3-6,8,11-12,14-15H,7H2,1-2H3. The highest BCUT2D eigenvalue weighted by atomic mass is 79.9. The molecule has 0 saturated heterocycles. The lowest BCUT2D eigenvalue weighted by atomic mass is 9.92. The summed E-state index contributed by atoms with van der Waals surface area (Å²) in [5.41, 5.74) is 1.91. The maximum absolute atomic E-state index is 9.94. The van der Waals surface area contributed by atoms with E-state index in [1.807, 2.05) is 24.3 Å². The fourth-order valence-electron chi connectivity index (χ4n) is 1.60. The first-order chi connectivity index (χ1) is 7.07. The third-order valence-electron chi connectivity index (χ3n) is 2.46. The Morgan fingerprint density at radius 3 is 2.13 bits per heavy atom. The summed E-state index contributed by atoms with van der Waals surface area (Å²) in [6, 6.07) is 7.69. The molecule has 0 saturated carbocycles. The van der Waals surface area contributed by atoms with E-state index in [9.17, 15) is 10.2 Å². The van der Waals surface area contributed by atoms with E-state index in [4.69, 9.17) is 0 Å². The van der Waals surface area contributed by atoms with Crippen molar-refractivity contribution in [2.24, 2.45) is 0 Å². The third kappa shape index (κ3) is 3.03. The minimum atomic E-state index is -0.817. The number of aliphatic hydroxyl groups is 2. The number of halogens is 1. The second-order valence-corrected chi connectivity index (χ2v) is 4.60. The van der Waals surface area contributed by atoms with Crippen LogP contribution < -0.4 is 0 Å². The number of hydrogen-bond acceptors (Lipinski definition) is 2. The van der Waals surface area contributed by atoms with Crippen LogP contribution in [0.5, 0.6) is 0 Å². The van der Waals surface area contributed by atoms with Gasteiger partial charge in [-0.25, -0.2) is 0 Å². The lowest BCUT2D eigenvalue weighted by Gasteiger charge is -2.20. The molecule has 2 nitrogen and oxygen atoms in total. The Labute approximate surface area is 99.1 Å². The Bertz CT molecular complexity index is 312. The van der Waals surface area contributed by atoms with E-state index in [-0.39, 0.29) is 0 Å². The first-order valence-electron chi connectivity index (χ1n) is 5.08. The molecule has 1 rings (SSSR count). The molecule has 0 amide bonds. The maximum atomic E-state index is 9.94. The van der Waals surface area contributed by atoms with E-state index in [0.717, 1.165) is 11.1 Å². The average molecular weight is 273 g/mol. The maximum Gasteiger partial charge on any atom is 0.106 e. The summed E-state index contributed by atoms with van der Waals surface area (Å²) in [4.78, 5) is 0. The van der Waals surface area contributed by atoms with Crippen LogP contribution in [0.2, 0.25) is 0 Å². The molecular formula is C12H17BrO2. The number of aliphatic hydroxyl groups excluding tert-OH is 2. The normalized spacial score (nSPS) is 15.3. The van der Waals surface area contributed by atoms with Gasteiger partial charge in [-0.3, -0.25) is 0 Å². The van der Waals surface area contributed by atoms with Crippen LogP contribution in [0.3, 0.4) is 0 Å². The highest BCUT2D eigenvalue weighted by Gasteiger charge is 2.20. The summed E-state index contributed by atoms with van der Waals surface area (Å²) in [6.45, 7) is 4.15. The van der Waals surface area contributed by atoms with Gasteiger partial charge in [-0.1, -0.05) is 54.0 Å². The molecule has 84 valence electrons. The molecule has 0 aliphatic rings. The summed E-state index contributed by atoms with van der Waals surface area (Å²) in [5, 5.41) is 19.9. The number of rotatable bonds is 4. The predicted octanol–water partition coefficient (Wildman–Crippen LogP) is 2.60. The minimum absolute atomic E-state index is 0.346. The predicted molar refractivity (Wildman–Crippen MR) is 65.3 cm³/mol. The molecular weight excluding hydrogens is 256 g/mol. The van der Waals surface area contributed by atoms with Gasteiger partial charge in [0.05, 0.1) is 6.10 Å². The molecule has 1 aromatic rings. The molecule has 0 fully saturated rings. The molecule has 2 atom stereocenters. The van der Waals surface area contributed by atoms with Crippen LogP contribution in [0.4, 0.5) is 0 Å². The number of alkyl halides is 1. The molecule has 0 radical (unpaired) electrons. The summed E-state index contributed by atoms with van der Waals surface area (Å²) in [7, 11) is 0. The van der Waals surface area contributed by atoms with Crippen LogP contribution in [0.15, 0.2) is 24.3 Å². The van der Waals surface area contributed by atoms with E-state index >= 15 is 0 Å². The lowest BCUT2D eigenvalue weighted by molar-refractivity contribution is 0.0336. The van der Waals surface area contributed by atoms with Crippen LogP contribution in [-0.2, 0) is 0 Å². The van der Waals surface area contributed by atoms with Crippen LogP contribution in [0.1, 0.15) is 37.0 Å². The molecule has 15 heavy (non-hydrogen) atoms. The van der Waals surface area contributed by atoms with Gasteiger partial charge in [0.25, 0.3) is 0 Å². The molecule has 1 aromatic carbocycles. The van der Waals surface area contributed by atoms with Crippen molar-refractivity contribution in [1.29, 1.82) is 0 Å². The average Bonchev–Trinajstić information content (AvgIpc) is 2.27. The molecule has 0 aliphatic carbocycles. The fourth-order valence-corrected chi connectivity index (χ4v) is 1.95. The van der Waals surface area contributed by atoms with Crippen molar-refractivity contribution in [2.45, 2.75) is 32.0 Å². The highest BCUT2D eigenvalue weighted by Crippen LogP contribution is 2.27. The molecule has 3 heteroatoms. The van der Waals surface area contributed by atoms with Crippen molar-refractivity contribution >= 4 is 15.9 Å². The van der Waals surface area contributed by atoms with Gasteiger partial charge >= 0.3 is 0 Å². The van der Waals surface area contributed by atoms with Crippen molar-refractivity contribution in [1.82, 2.24) is 0 Å². The summed E-state index contributed by atoms with van der Waals surface area (Å²) >= 11 is 3.16. The Morgan fingerprint density at radius 1 is 1.13 bits per heavy atom. The zero-order valence-electron chi connectivity index (χ0n) is 9.02. The van der Waals surface area contributed by atoms with Crippen LogP contribution in [-0.4, -0.2) is 21.6 Å². The fraction of sp³-hybridized carbons (Fsp3) is 0.500. The Hall–Kier alpha value is -0.380. The van der Waals surface area contributed by atoms with Gasteiger partial charge < -0.3 is 10.2 Å². The summed E-state index contributed by atoms with van der Waals surface area (Å²) in [6.07, 6.45) is -1.58. The van der Waals surface area contributed by atoms with Crippen LogP contribution in [0.25, 0.3) is 0 Å². The van der Waals surface area contributed by atoms with Gasteiger partial charge in [0, 0.05) is 5.33 Å². The van der Waals surface area contributed by atoms with E-state index < -0.39 is 12.2 Å². The molecule has 2 unspecified atom stereocenters. The lowest BCUT2D eigenvalue weighted by Crippen LogP contribution is -2.20. The first-order valence-corrected chi connectivity index (χ1v) is 6.21. The third-order valence-corrected chi connectivity index (χ3v) is 3.12. The SMILES string of the molecule is CC(C)c1ccccc1C(O)C(O)CBr. The molecule has 0 bridgehead atoms. The van der Waals surface area contributed by atoms with Crippen molar-refractivity contribution in [3.05, 3.63) is 35.4 Å². The second-order valence-electron chi connectivity index (χ2n) is 3.95. The quantitative estimate of drug-likeness (QED) is 0.828. The van der Waals surface area contributed by atoms with Gasteiger partial charge in [-0.15, -0.1) is 0 Å². The van der Waals surface area contributed by atoms with Crippen molar-refractivity contribution in [3.8, 4) is 0 Å². The Kier molecular flexibility index (Phi) is 4.77. The molecule has 0 spiro atoms. The minimum Gasteiger partial charge on any atom is -0.389 e. The van der Waals surface area contributed by atoms with Crippen molar-refractivity contribution in [2.75, 3.05) is 5.33 Å². The van der Waals surface area contributed by atoms with Gasteiger partial charge in [-0.2, -0.15) is 0 Å². The molecule has 2 N–H and O–H groups in total. The summed E-state index contributed by atoms with van der Waals surface area (Å²) in [5.74, 6) is 0.346. The van der Waals surface area contributed by atoms with Gasteiger partial charge in [0.1, 0.15) is 6.10 Å². The van der Waals surface area contributed by atoms with Gasteiger partial charge in [-0.05, 0) is 17.0 Å². The topological polar surface area (TPSA) is 40.5 Å². The van der Waals surface area contributed by atoms with Gasteiger partial charge in [0.2, 0.25) is 0 Å². The van der Waals surface area contributed by atoms with Gasteiger partial charge in [0.15, 0.2) is 0 Å². The van der Waals surface area contributed by atoms with Crippen LogP contribution in [0, 0.1) is 0 Å².